The Balaban J connectivity index is 0. The number of nitrogens with one attached hydrogen (secondary N) is 1. The number of quaternary nitrogens is 2. The largest absolute Gasteiger partial charge is 1.00 e. The molecule has 0 spiro atoms. The summed E-state index contributed by atoms with van der Waals surface area (Å²) < 4.78 is 1.18. The molecule has 0 aromatic heterocycles. The molecule has 0 radical (unpaired) electrons. The average Bonchev–Trinajstić information content (AvgIpc) is 1.85. The second-order valence-electron chi connectivity index (χ2n) is 4.69. The lowest BCUT2D eigenvalue weighted by Gasteiger charge is -2.29. The smallest absolute Gasteiger partial charge is 0.0836 e. The van der Waals surface area contributed by atoms with Crippen molar-refractivity contribution in [3.8, 4) is 0 Å². The zero-order valence-corrected chi connectivity index (χ0v) is 11.4. The molecule has 0 saturated heterocycles. The van der Waals surface area contributed by atoms with Crippen LogP contribution < -0.4 is 21.9 Å². The van der Waals surface area contributed by atoms with Crippen LogP contribution in [0.2, 0.25) is 0 Å². The Labute approximate surface area is 94.3 Å². The molecule has 0 unspecified atom stereocenters. The summed E-state index contributed by atoms with van der Waals surface area (Å²) in [6, 6.07) is 0. The summed E-state index contributed by atoms with van der Waals surface area (Å²) >= 11 is 0. The van der Waals surface area contributed by atoms with Crippen molar-refractivity contribution >= 4 is 0 Å². The van der Waals surface area contributed by atoms with Gasteiger partial charge >= 0.3 is 0 Å². The molecular formula is C10H26BrN2+. The van der Waals surface area contributed by atoms with E-state index in [1.165, 1.54) is 37.0 Å². The minimum atomic E-state index is 0. The predicted molar refractivity (Wildman–Crippen MR) is 54.4 cm³/mol. The molecule has 0 aliphatic heterocycles. The van der Waals surface area contributed by atoms with Crippen molar-refractivity contribution in [2.24, 2.45) is 0 Å². The number of halogens is 1. The second kappa shape index (κ2) is 7.77. The Kier molecular flexibility index (Phi) is 9.48. The third-order valence-corrected chi connectivity index (χ3v) is 2.27. The zero-order chi connectivity index (χ0) is 9.61. The Bertz CT molecular complexity index is 113. The fourth-order valence-corrected chi connectivity index (χ4v) is 1.58. The van der Waals surface area contributed by atoms with Gasteiger partial charge in [0.2, 0.25) is 0 Å². The summed E-state index contributed by atoms with van der Waals surface area (Å²) in [6.07, 6.45) is 2.64. The molecular weight excluding hydrogens is 228 g/mol. The first kappa shape index (κ1) is 15.9. The molecule has 0 aromatic carbocycles. The van der Waals surface area contributed by atoms with Crippen molar-refractivity contribution in [3.63, 3.8) is 0 Å². The van der Waals surface area contributed by atoms with Crippen LogP contribution in [-0.4, -0.2) is 52.3 Å². The molecule has 0 aliphatic rings. The molecule has 0 aliphatic carbocycles. The SMILES string of the molecule is CCC[N+](C)(C)CCC[NH+](C)C.[Br-]. The van der Waals surface area contributed by atoms with Gasteiger partial charge in [-0.2, -0.15) is 0 Å². The fourth-order valence-electron chi connectivity index (χ4n) is 1.58. The summed E-state index contributed by atoms with van der Waals surface area (Å²) in [4.78, 5) is 1.56. The van der Waals surface area contributed by atoms with Crippen molar-refractivity contribution in [3.05, 3.63) is 0 Å². The van der Waals surface area contributed by atoms with E-state index in [0.29, 0.717) is 0 Å². The van der Waals surface area contributed by atoms with Gasteiger partial charge in [0.05, 0.1) is 47.8 Å². The van der Waals surface area contributed by atoms with Gasteiger partial charge in [0.1, 0.15) is 0 Å². The van der Waals surface area contributed by atoms with Crippen molar-refractivity contribution in [2.75, 3.05) is 47.8 Å². The van der Waals surface area contributed by atoms with Crippen LogP contribution in [0.4, 0.5) is 0 Å². The second-order valence-corrected chi connectivity index (χ2v) is 4.69. The van der Waals surface area contributed by atoms with Crippen LogP contribution in [0.25, 0.3) is 0 Å². The van der Waals surface area contributed by atoms with Crippen LogP contribution >= 0.6 is 0 Å². The summed E-state index contributed by atoms with van der Waals surface area (Å²) in [5.41, 5.74) is 0. The number of nitrogens with zero attached hydrogens (tertiary/aromatic N) is 1. The summed E-state index contributed by atoms with van der Waals surface area (Å²) in [6.45, 7) is 6.18. The fraction of sp³-hybridized carbons (Fsp3) is 1.00. The van der Waals surface area contributed by atoms with Crippen LogP contribution in [0.1, 0.15) is 19.8 Å². The predicted octanol–water partition coefficient (Wildman–Crippen LogP) is -2.99. The average molecular weight is 254 g/mol. The Hall–Kier alpha value is 0.400. The minimum Gasteiger partial charge on any atom is -1.00 e. The van der Waals surface area contributed by atoms with Gasteiger partial charge in [0.15, 0.2) is 0 Å². The normalized spacial score (nSPS) is 11.5. The third-order valence-electron chi connectivity index (χ3n) is 2.27. The topological polar surface area (TPSA) is 4.44 Å². The van der Waals surface area contributed by atoms with Crippen LogP contribution in [0.15, 0.2) is 0 Å². The Morgan fingerprint density at radius 1 is 1.08 bits per heavy atom. The van der Waals surface area contributed by atoms with Gasteiger partial charge in [0.25, 0.3) is 0 Å². The maximum absolute atomic E-state index is 2.33. The highest BCUT2D eigenvalue weighted by Gasteiger charge is 2.12. The van der Waals surface area contributed by atoms with Crippen molar-refractivity contribution in [2.45, 2.75) is 19.8 Å². The standard InChI is InChI=1S/C10H25N2.BrH/c1-6-9-12(4,5)10-7-8-11(2)3;/h6-10H2,1-5H3;1H/q+1;. The molecule has 0 rings (SSSR count). The summed E-state index contributed by atoms with van der Waals surface area (Å²) in [5.74, 6) is 0. The monoisotopic (exact) mass is 253 g/mol. The van der Waals surface area contributed by atoms with E-state index in [1.807, 2.05) is 0 Å². The zero-order valence-electron chi connectivity index (χ0n) is 9.86. The quantitative estimate of drug-likeness (QED) is 0.482. The first-order chi connectivity index (χ1) is 5.48. The van der Waals surface area contributed by atoms with Gasteiger partial charge in [-0.15, -0.1) is 0 Å². The van der Waals surface area contributed by atoms with Gasteiger partial charge in [0, 0.05) is 6.42 Å². The number of hydrogen-bond acceptors (Lipinski definition) is 0. The van der Waals surface area contributed by atoms with E-state index in [-0.39, 0.29) is 17.0 Å². The molecule has 0 atom stereocenters. The molecule has 13 heavy (non-hydrogen) atoms. The highest BCUT2D eigenvalue weighted by Crippen LogP contribution is 1.99. The molecule has 0 bridgehead atoms. The van der Waals surface area contributed by atoms with Gasteiger partial charge in [-0.3, -0.25) is 0 Å². The first-order valence-electron chi connectivity index (χ1n) is 5.09. The molecule has 0 amide bonds. The Morgan fingerprint density at radius 2 is 1.62 bits per heavy atom. The van der Waals surface area contributed by atoms with Crippen molar-refractivity contribution < 1.29 is 26.4 Å². The minimum absolute atomic E-state index is 0. The van der Waals surface area contributed by atoms with Crippen LogP contribution in [0.5, 0.6) is 0 Å². The molecule has 1 N–H and O–H groups in total. The summed E-state index contributed by atoms with van der Waals surface area (Å²) in [5, 5.41) is 0. The van der Waals surface area contributed by atoms with E-state index in [4.69, 9.17) is 0 Å². The van der Waals surface area contributed by atoms with E-state index in [0.717, 1.165) is 0 Å². The van der Waals surface area contributed by atoms with Crippen LogP contribution in [-0.2, 0) is 0 Å². The molecule has 2 nitrogen and oxygen atoms in total. The number of rotatable bonds is 6. The van der Waals surface area contributed by atoms with E-state index in [2.05, 4.69) is 35.1 Å². The molecule has 3 heteroatoms. The highest BCUT2D eigenvalue weighted by molar-refractivity contribution is 4.35. The molecule has 0 heterocycles. The first-order valence-corrected chi connectivity index (χ1v) is 5.09. The molecule has 82 valence electrons. The third kappa shape index (κ3) is 10.3. The Morgan fingerprint density at radius 3 is 2.00 bits per heavy atom. The van der Waals surface area contributed by atoms with E-state index < -0.39 is 0 Å². The lowest BCUT2D eigenvalue weighted by atomic mass is 10.3. The van der Waals surface area contributed by atoms with Crippen LogP contribution in [0.3, 0.4) is 0 Å². The van der Waals surface area contributed by atoms with Crippen molar-refractivity contribution in [1.82, 2.24) is 0 Å². The van der Waals surface area contributed by atoms with E-state index in [9.17, 15) is 0 Å². The lowest BCUT2D eigenvalue weighted by molar-refractivity contribution is -0.899. The number of hydrogen-bond donors (Lipinski definition) is 1. The molecule has 0 aromatic rings. The van der Waals surface area contributed by atoms with E-state index >= 15 is 0 Å². The van der Waals surface area contributed by atoms with Crippen LogP contribution in [0, 0.1) is 0 Å². The van der Waals surface area contributed by atoms with E-state index in [1.54, 1.807) is 4.90 Å². The highest BCUT2D eigenvalue weighted by atomic mass is 79.9. The molecule has 0 saturated carbocycles. The van der Waals surface area contributed by atoms with Gasteiger partial charge in [-0.1, -0.05) is 6.92 Å². The maximum atomic E-state index is 2.33. The van der Waals surface area contributed by atoms with Gasteiger partial charge in [-0.25, -0.2) is 0 Å². The molecule has 0 fully saturated rings. The lowest BCUT2D eigenvalue weighted by Crippen LogP contribution is -3.05. The van der Waals surface area contributed by atoms with Crippen molar-refractivity contribution in [1.29, 1.82) is 0 Å². The van der Waals surface area contributed by atoms with Gasteiger partial charge in [-0.05, 0) is 6.42 Å². The maximum Gasteiger partial charge on any atom is 0.0836 e. The summed E-state index contributed by atoms with van der Waals surface area (Å²) in [7, 11) is 9.10. The van der Waals surface area contributed by atoms with Gasteiger partial charge < -0.3 is 26.4 Å².